The van der Waals surface area contributed by atoms with Crippen molar-refractivity contribution in [3.8, 4) is 0 Å². The number of halogens is 5. The summed E-state index contributed by atoms with van der Waals surface area (Å²) in [7, 11) is 1.58. The molecule has 2 amide bonds. The summed E-state index contributed by atoms with van der Waals surface area (Å²) in [4.78, 5) is 33.4. The van der Waals surface area contributed by atoms with Gasteiger partial charge in [-0.05, 0) is 48.9 Å². The van der Waals surface area contributed by atoms with Crippen molar-refractivity contribution in [1.82, 2.24) is 19.6 Å². The van der Waals surface area contributed by atoms with Gasteiger partial charge in [-0.2, -0.15) is 13.2 Å². The molecule has 2 aromatic rings. The Kier molecular flexibility index (Phi) is 9.03. The zero-order valence-corrected chi connectivity index (χ0v) is 24.3. The van der Waals surface area contributed by atoms with Gasteiger partial charge in [0.1, 0.15) is 12.4 Å². The van der Waals surface area contributed by atoms with E-state index in [9.17, 15) is 27.2 Å². The van der Waals surface area contributed by atoms with Crippen LogP contribution in [-0.2, 0) is 15.7 Å². The number of fused-ring (bicyclic) bond motifs is 1. The highest BCUT2D eigenvalue weighted by Gasteiger charge is 2.39. The van der Waals surface area contributed by atoms with E-state index in [1.807, 2.05) is 4.90 Å². The average Bonchev–Trinajstić information content (AvgIpc) is 2.90. The highest BCUT2D eigenvalue weighted by atomic mass is 79.9. The van der Waals surface area contributed by atoms with E-state index < -0.39 is 17.6 Å². The topological polar surface area (TPSA) is 56.3 Å². The van der Waals surface area contributed by atoms with Crippen LogP contribution >= 0.6 is 15.9 Å². The first-order valence-electron chi connectivity index (χ1n) is 13.7. The van der Waals surface area contributed by atoms with Gasteiger partial charge < -0.3 is 19.4 Å². The third-order valence-corrected chi connectivity index (χ3v) is 8.73. The fourth-order valence-electron chi connectivity index (χ4n) is 5.95. The maximum atomic E-state index is 13.7. The summed E-state index contributed by atoms with van der Waals surface area (Å²) in [6.45, 7) is 5.93. The Balaban J connectivity index is 1.19. The highest BCUT2D eigenvalue weighted by Crippen LogP contribution is 2.33. The lowest BCUT2D eigenvalue weighted by atomic mass is 9.93. The zero-order chi connectivity index (χ0) is 29.3. The number of piperazine rings is 1. The second-order valence-electron chi connectivity index (χ2n) is 11.1. The van der Waals surface area contributed by atoms with Crippen LogP contribution in [0.4, 0.5) is 17.6 Å². The summed E-state index contributed by atoms with van der Waals surface area (Å²) in [5.41, 5.74) is -0.0793. The van der Waals surface area contributed by atoms with E-state index in [4.69, 9.17) is 4.74 Å². The minimum atomic E-state index is -4.57. The fourth-order valence-corrected chi connectivity index (χ4v) is 6.44. The van der Waals surface area contributed by atoms with Crippen LogP contribution in [0.1, 0.15) is 33.8 Å². The number of carbonyl (C=O) groups is 2. The molecule has 0 N–H and O–H groups in total. The second kappa shape index (κ2) is 12.4. The van der Waals surface area contributed by atoms with E-state index in [0.717, 1.165) is 57.0 Å². The summed E-state index contributed by atoms with van der Waals surface area (Å²) in [5, 5.41) is 0. The number of benzene rings is 2. The van der Waals surface area contributed by atoms with Crippen LogP contribution in [-0.4, -0.2) is 110 Å². The molecule has 5 rings (SSSR count). The maximum Gasteiger partial charge on any atom is 0.416 e. The molecule has 0 radical (unpaired) electrons. The Morgan fingerprint density at radius 1 is 1.10 bits per heavy atom. The number of morpholine rings is 1. The third kappa shape index (κ3) is 7.10. The zero-order valence-electron chi connectivity index (χ0n) is 22.7. The Hall–Kier alpha value is -2.54. The third-order valence-electron chi connectivity index (χ3n) is 8.27. The first-order valence-corrected chi connectivity index (χ1v) is 14.5. The first kappa shape index (κ1) is 29.9. The minimum Gasteiger partial charge on any atom is -0.369 e. The average molecular weight is 642 g/mol. The SMILES string of the molecule is CN(C[C@@H](CCN1CC(N2CCN3C(=O)COC[C@@H]3C2)C1)c1ccc(F)cc1)C(=O)c1cc(Br)cc(C(F)(F)F)c1. The molecular weight excluding hydrogens is 608 g/mol. The predicted molar refractivity (Wildman–Crippen MR) is 148 cm³/mol. The van der Waals surface area contributed by atoms with E-state index in [0.29, 0.717) is 19.1 Å². The molecule has 7 nitrogen and oxygen atoms in total. The van der Waals surface area contributed by atoms with Crippen LogP contribution in [0.2, 0.25) is 0 Å². The molecule has 3 heterocycles. The Bertz CT molecular complexity index is 1260. The predicted octanol–water partition coefficient (Wildman–Crippen LogP) is 4.08. The number of likely N-dealkylation sites (N-methyl/N-ethyl adjacent to an activating group) is 1. The molecule has 3 saturated heterocycles. The van der Waals surface area contributed by atoms with E-state index >= 15 is 0 Å². The Morgan fingerprint density at radius 3 is 2.54 bits per heavy atom. The molecule has 222 valence electrons. The highest BCUT2D eigenvalue weighted by molar-refractivity contribution is 9.10. The van der Waals surface area contributed by atoms with Crippen molar-refractivity contribution in [2.24, 2.45) is 0 Å². The molecule has 0 saturated carbocycles. The normalized spacial score (nSPS) is 21.4. The number of nitrogens with zero attached hydrogens (tertiary/aromatic N) is 4. The van der Waals surface area contributed by atoms with Crippen LogP contribution in [0.25, 0.3) is 0 Å². The molecule has 0 bridgehead atoms. The van der Waals surface area contributed by atoms with E-state index in [2.05, 4.69) is 25.7 Å². The Morgan fingerprint density at radius 2 is 1.83 bits per heavy atom. The molecule has 0 aliphatic carbocycles. The lowest BCUT2D eigenvalue weighted by molar-refractivity contribution is -0.154. The number of carbonyl (C=O) groups excluding carboxylic acids is 2. The van der Waals surface area contributed by atoms with Crippen molar-refractivity contribution in [1.29, 1.82) is 0 Å². The number of ether oxygens (including phenoxy) is 1. The fraction of sp³-hybridized carbons (Fsp3) is 0.517. The van der Waals surface area contributed by atoms with Gasteiger partial charge in [-0.1, -0.05) is 28.1 Å². The molecule has 12 heteroatoms. The van der Waals surface area contributed by atoms with Gasteiger partial charge in [0.2, 0.25) is 5.91 Å². The number of alkyl halides is 3. The van der Waals surface area contributed by atoms with Crippen molar-refractivity contribution in [2.75, 3.05) is 66.1 Å². The number of amides is 2. The van der Waals surface area contributed by atoms with Gasteiger partial charge in [-0.15, -0.1) is 0 Å². The smallest absolute Gasteiger partial charge is 0.369 e. The molecule has 3 fully saturated rings. The molecular formula is C29H33BrF4N4O3. The van der Waals surface area contributed by atoms with Crippen molar-refractivity contribution in [3.63, 3.8) is 0 Å². The Labute approximate surface area is 245 Å². The minimum absolute atomic E-state index is 0.0530. The molecule has 3 aliphatic rings. The van der Waals surface area contributed by atoms with E-state index in [-0.39, 0.29) is 46.9 Å². The molecule has 0 spiro atoms. The van der Waals surface area contributed by atoms with Gasteiger partial charge in [0.15, 0.2) is 0 Å². The van der Waals surface area contributed by atoms with Crippen LogP contribution in [0.5, 0.6) is 0 Å². The number of rotatable bonds is 8. The number of hydrogen-bond donors (Lipinski definition) is 0. The van der Waals surface area contributed by atoms with Crippen LogP contribution < -0.4 is 0 Å². The van der Waals surface area contributed by atoms with Crippen LogP contribution in [0.15, 0.2) is 46.9 Å². The standard InChI is InChI=1S/C29H33BrF4N4O3/c1-35(28(40)21-10-22(29(32,33)34)12-23(30)11-21)13-20(19-2-4-24(31)5-3-19)6-7-36-14-25(15-36)37-8-9-38-26(16-37)17-41-18-27(38)39/h2-5,10-12,20,25-26H,6-9,13-18H2,1H3/t20-,26+/m1/s1. The molecule has 41 heavy (non-hydrogen) atoms. The monoisotopic (exact) mass is 640 g/mol. The summed E-state index contributed by atoms with van der Waals surface area (Å²) in [6, 6.07) is 9.87. The van der Waals surface area contributed by atoms with Gasteiger partial charge in [0, 0.05) is 68.3 Å². The van der Waals surface area contributed by atoms with Gasteiger partial charge in [0.25, 0.3) is 5.91 Å². The van der Waals surface area contributed by atoms with Crippen LogP contribution in [0, 0.1) is 5.82 Å². The van der Waals surface area contributed by atoms with Gasteiger partial charge >= 0.3 is 6.18 Å². The summed E-state index contributed by atoms with van der Waals surface area (Å²) in [5.74, 6) is -0.947. The number of likely N-dealkylation sites (tertiary alicyclic amines) is 1. The molecule has 0 aromatic heterocycles. The van der Waals surface area contributed by atoms with E-state index in [1.54, 1.807) is 19.2 Å². The van der Waals surface area contributed by atoms with Gasteiger partial charge in [0.05, 0.1) is 18.2 Å². The molecule has 2 atom stereocenters. The first-order chi connectivity index (χ1) is 19.5. The lowest BCUT2D eigenvalue weighted by Crippen LogP contribution is -2.67. The summed E-state index contributed by atoms with van der Waals surface area (Å²) >= 11 is 3.09. The quantitative estimate of drug-likeness (QED) is 0.407. The van der Waals surface area contributed by atoms with Crippen molar-refractivity contribution < 1.29 is 31.9 Å². The molecule has 3 aliphatic heterocycles. The van der Waals surface area contributed by atoms with E-state index in [1.165, 1.54) is 23.1 Å². The largest absolute Gasteiger partial charge is 0.416 e. The number of hydrogen-bond acceptors (Lipinski definition) is 5. The van der Waals surface area contributed by atoms with Gasteiger partial charge in [-0.3, -0.25) is 14.5 Å². The second-order valence-corrected chi connectivity index (χ2v) is 12.0. The molecule has 0 unspecified atom stereocenters. The van der Waals surface area contributed by atoms with Crippen molar-refractivity contribution >= 4 is 27.7 Å². The molecule has 2 aromatic carbocycles. The summed E-state index contributed by atoms with van der Waals surface area (Å²) in [6.07, 6.45) is -3.88. The van der Waals surface area contributed by atoms with Gasteiger partial charge in [-0.25, -0.2) is 4.39 Å². The van der Waals surface area contributed by atoms with Crippen LogP contribution in [0.3, 0.4) is 0 Å². The summed E-state index contributed by atoms with van der Waals surface area (Å²) < 4.78 is 59.2. The van der Waals surface area contributed by atoms with Crippen molar-refractivity contribution in [2.45, 2.75) is 30.6 Å². The maximum absolute atomic E-state index is 13.7. The lowest BCUT2D eigenvalue weighted by Gasteiger charge is -2.51. The van der Waals surface area contributed by atoms with Crippen molar-refractivity contribution in [3.05, 3.63) is 69.4 Å².